The van der Waals surface area contributed by atoms with E-state index in [2.05, 4.69) is 104 Å². The molecule has 0 N–H and O–H groups in total. The van der Waals surface area contributed by atoms with E-state index < -0.39 is 0 Å². The standard InChI is InChI=1S/C30H32/c1-17-11-19-13-20(29(3,4)5)15-25-26-16-21(30(6,7)8)14-23-18(2)9-10-22(28(23)26)24(12-17)27(19)25/h9-16H,1-8H3. The molecule has 0 spiro atoms. The van der Waals surface area contributed by atoms with Crippen LogP contribution in [-0.4, -0.2) is 0 Å². The largest absolute Gasteiger partial charge is 0.0581 e. The van der Waals surface area contributed by atoms with Crippen molar-refractivity contribution in [1.82, 2.24) is 0 Å². The zero-order chi connectivity index (χ0) is 21.6. The first kappa shape index (κ1) is 19.4. The fourth-order valence-corrected chi connectivity index (χ4v) is 5.02. The second-order valence-electron chi connectivity index (χ2n) is 11.3. The predicted octanol–water partition coefficient (Wildman–Crippen LogP) is 8.95. The topological polar surface area (TPSA) is 0 Å². The van der Waals surface area contributed by atoms with E-state index in [0.29, 0.717) is 0 Å². The van der Waals surface area contributed by atoms with Crippen molar-refractivity contribution in [3.63, 3.8) is 0 Å². The Hall–Kier alpha value is -2.60. The molecule has 0 bridgehead atoms. The van der Waals surface area contributed by atoms with Crippen molar-refractivity contribution < 1.29 is 0 Å². The van der Waals surface area contributed by atoms with E-state index in [1.165, 1.54) is 65.3 Å². The quantitative estimate of drug-likeness (QED) is 0.182. The maximum atomic E-state index is 2.47. The summed E-state index contributed by atoms with van der Waals surface area (Å²) in [6, 6.07) is 19.2. The summed E-state index contributed by atoms with van der Waals surface area (Å²) in [7, 11) is 0. The Labute approximate surface area is 180 Å². The van der Waals surface area contributed by atoms with Crippen molar-refractivity contribution in [2.45, 2.75) is 66.2 Å². The van der Waals surface area contributed by atoms with E-state index in [0.717, 1.165) is 0 Å². The van der Waals surface area contributed by atoms with E-state index in [1.54, 1.807) is 0 Å². The van der Waals surface area contributed by atoms with Crippen molar-refractivity contribution in [2.75, 3.05) is 0 Å². The van der Waals surface area contributed by atoms with E-state index >= 15 is 0 Å². The SMILES string of the molecule is Cc1cc2cc(C(C)(C)C)cc3c4cc(C(C)(C)C)cc5c(C)ccc(c(c1)c23)c54. The van der Waals surface area contributed by atoms with Crippen molar-refractivity contribution in [3.05, 3.63) is 70.8 Å². The van der Waals surface area contributed by atoms with Gasteiger partial charge in [-0.05, 0) is 102 Å². The van der Waals surface area contributed by atoms with E-state index in [9.17, 15) is 0 Å². The average molecular weight is 393 g/mol. The molecule has 0 fully saturated rings. The van der Waals surface area contributed by atoms with E-state index in [4.69, 9.17) is 0 Å². The molecule has 30 heavy (non-hydrogen) atoms. The van der Waals surface area contributed by atoms with Gasteiger partial charge in [0.25, 0.3) is 0 Å². The number of benzene rings is 5. The van der Waals surface area contributed by atoms with Crippen molar-refractivity contribution in [3.8, 4) is 0 Å². The first-order valence-corrected chi connectivity index (χ1v) is 11.1. The average Bonchev–Trinajstić information content (AvgIpc) is 2.64. The minimum atomic E-state index is 0.113. The van der Waals surface area contributed by atoms with Gasteiger partial charge in [0.05, 0.1) is 0 Å². The van der Waals surface area contributed by atoms with E-state index in [1.807, 2.05) is 0 Å². The minimum Gasteiger partial charge on any atom is -0.0581 e. The molecule has 0 heterocycles. The Balaban J connectivity index is 2.15. The molecule has 0 saturated carbocycles. The van der Waals surface area contributed by atoms with Crippen LogP contribution in [-0.2, 0) is 10.8 Å². The molecular weight excluding hydrogens is 360 g/mol. The Bertz CT molecular complexity index is 1450. The first-order chi connectivity index (χ1) is 13.9. The summed E-state index contributed by atoms with van der Waals surface area (Å²) in [6.07, 6.45) is 0. The lowest BCUT2D eigenvalue weighted by molar-refractivity contribution is 0.591. The zero-order valence-electron chi connectivity index (χ0n) is 19.6. The van der Waals surface area contributed by atoms with Crippen LogP contribution in [0.3, 0.4) is 0 Å². The summed E-state index contributed by atoms with van der Waals surface area (Å²) < 4.78 is 0. The fraction of sp³-hybridized carbons (Fsp3) is 0.333. The van der Waals surface area contributed by atoms with Crippen molar-refractivity contribution in [1.29, 1.82) is 0 Å². The summed E-state index contributed by atoms with van der Waals surface area (Å²) in [5.74, 6) is 0. The summed E-state index contributed by atoms with van der Waals surface area (Å²) in [5.41, 5.74) is 5.74. The summed E-state index contributed by atoms with van der Waals surface area (Å²) in [5, 5.41) is 11.2. The van der Waals surface area contributed by atoms with Gasteiger partial charge in [-0.1, -0.05) is 77.9 Å². The van der Waals surface area contributed by atoms with Gasteiger partial charge in [-0.2, -0.15) is 0 Å². The highest BCUT2D eigenvalue weighted by molar-refractivity contribution is 6.33. The molecule has 5 rings (SSSR count). The lowest BCUT2D eigenvalue weighted by Gasteiger charge is -2.25. The molecule has 0 amide bonds. The normalized spacial score (nSPS) is 13.3. The molecule has 0 heteroatoms. The molecule has 5 aromatic rings. The molecule has 0 atom stereocenters. The summed E-state index contributed by atoms with van der Waals surface area (Å²) in [6.45, 7) is 18.4. The van der Waals surface area contributed by atoms with Crippen molar-refractivity contribution in [2.24, 2.45) is 0 Å². The maximum absolute atomic E-state index is 2.47. The van der Waals surface area contributed by atoms with Crippen LogP contribution in [0.2, 0.25) is 0 Å². The van der Waals surface area contributed by atoms with Crippen LogP contribution >= 0.6 is 0 Å². The highest BCUT2D eigenvalue weighted by Crippen LogP contribution is 2.44. The molecule has 152 valence electrons. The Morgan fingerprint density at radius 3 is 1.67 bits per heavy atom. The highest BCUT2D eigenvalue weighted by atomic mass is 14.3. The molecule has 0 aromatic heterocycles. The van der Waals surface area contributed by atoms with Crippen molar-refractivity contribution >= 4 is 43.1 Å². The Morgan fingerprint density at radius 1 is 0.500 bits per heavy atom. The smallest absolute Gasteiger partial charge is 0.00235 e. The van der Waals surface area contributed by atoms with Crippen LogP contribution < -0.4 is 0 Å². The van der Waals surface area contributed by atoms with E-state index in [-0.39, 0.29) is 10.8 Å². The third kappa shape index (κ3) is 2.73. The highest BCUT2D eigenvalue weighted by Gasteiger charge is 2.22. The van der Waals surface area contributed by atoms with Gasteiger partial charge >= 0.3 is 0 Å². The van der Waals surface area contributed by atoms with Gasteiger partial charge in [0.2, 0.25) is 0 Å². The van der Waals surface area contributed by atoms with Crippen LogP contribution in [0.4, 0.5) is 0 Å². The molecule has 0 nitrogen and oxygen atoms in total. The Kier molecular flexibility index (Phi) is 3.86. The fourth-order valence-electron chi connectivity index (χ4n) is 5.02. The molecule has 0 unspecified atom stereocenters. The number of aryl methyl sites for hydroxylation is 2. The van der Waals surface area contributed by atoms with Gasteiger partial charge in [0.1, 0.15) is 0 Å². The molecule has 5 aromatic carbocycles. The zero-order valence-corrected chi connectivity index (χ0v) is 19.6. The second kappa shape index (κ2) is 5.97. The monoisotopic (exact) mass is 392 g/mol. The van der Waals surface area contributed by atoms with Crippen LogP contribution in [0, 0.1) is 13.8 Å². The third-order valence-electron chi connectivity index (χ3n) is 6.84. The molecule has 0 aliphatic carbocycles. The number of rotatable bonds is 0. The molecule has 0 aliphatic heterocycles. The predicted molar refractivity (Wildman–Crippen MR) is 135 cm³/mol. The van der Waals surface area contributed by atoms with Gasteiger partial charge in [-0.15, -0.1) is 0 Å². The van der Waals surface area contributed by atoms with Gasteiger partial charge in [-0.25, -0.2) is 0 Å². The van der Waals surface area contributed by atoms with Crippen LogP contribution in [0.5, 0.6) is 0 Å². The second-order valence-corrected chi connectivity index (χ2v) is 11.3. The minimum absolute atomic E-state index is 0.113. The summed E-state index contributed by atoms with van der Waals surface area (Å²) in [4.78, 5) is 0. The lowest BCUT2D eigenvalue weighted by atomic mass is 9.79. The molecule has 0 aliphatic rings. The lowest BCUT2D eigenvalue weighted by Crippen LogP contribution is -2.12. The van der Waals surface area contributed by atoms with Gasteiger partial charge in [-0.3, -0.25) is 0 Å². The summed E-state index contributed by atoms with van der Waals surface area (Å²) >= 11 is 0. The molecule has 0 saturated heterocycles. The maximum Gasteiger partial charge on any atom is -0.00235 e. The van der Waals surface area contributed by atoms with Gasteiger partial charge in [0.15, 0.2) is 0 Å². The van der Waals surface area contributed by atoms with Gasteiger partial charge < -0.3 is 0 Å². The molecule has 0 radical (unpaired) electrons. The molecular formula is C30H32. The third-order valence-corrected chi connectivity index (χ3v) is 6.84. The number of fused-ring (bicyclic) bond motifs is 2. The van der Waals surface area contributed by atoms with Crippen LogP contribution in [0.1, 0.15) is 63.8 Å². The number of hydrogen-bond donors (Lipinski definition) is 0. The number of hydrogen-bond acceptors (Lipinski definition) is 0. The first-order valence-electron chi connectivity index (χ1n) is 11.1. The Morgan fingerprint density at radius 2 is 1.03 bits per heavy atom. The van der Waals surface area contributed by atoms with Crippen LogP contribution in [0.25, 0.3) is 43.1 Å². The van der Waals surface area contributed by atoms with Gasteiger partial charge in [0, 0.05) is 0 Å². The van der Waals surface area contributed by atoms with Crippen LogP contribution in [0.15, 0.2) is 48.5 Å².